The van der Waals surface area contributed by atoms with Gasteiger partial charge < -0.3 is 15.0 Å². The second-order valence-corrected chi connectivity index (χ2v) is 6.58. The predicted molar refractivity (Wildman–Crippen MR) is 80.5 cm³/mol. The molecule has 1 N–H and O–H groups in total. The van der Waals surface area contributed by atoms with Crippen LogP contribution in [0.4, 0.5) is 0 Å². The Balaban J connectivity index is 1.59. The minimum Gasteiger partial charge on any atom is -0.381 e. The molecule has 0 aromatic carbocycles. The maximum atomic E-state index is 5.73. The van der Waals surface area contributed by atoms with Gasteiger partial charge in [-0.05, 0) is 57.0 Å². The molecule has 2 aliphatic rings. The van der Waals surface area contributed by atoms with Crippen LogP contribution in [0.25, 0.3) is 0 Å². The number of hydrogen-bond acceptors (Lipinski definition) is 3. The number of ether oxygens (including phenoxy) is 1. The summed E-state index contributed by atoms with van der Waals surface area (Å²) in [6.07, 6.45) is 6.55. The van der Waals surface area contributed by atoms with E-state index in [2.05, 4.69) is 24.1 Å². The van der Waals surface area contributed by atoms with Gasteiger partial charge >= 0.3 is 0 Å². The zero-order valence-electron chi connectivity index (χ0n) is 12.9. The van der Waals surface area contributed by atoms with Crippen molar-refractivity contribution in [2.45, 2.75) is 52.0 Å². The molecule has 2 fully saturated rings. The first-order valence-corrected chi connectivity index (χ1v) is 8.31. The van der Waals surface area contributed by atoms with Crippen LogP contribution < -0.4 is 5.32 Å². The SMILES string of the molecule is CCC1CCN(CCCOCC2CC2)CC(C)CN1. The van der Waals surface area contributed by atoms with Crippen LogP contribution in [0.5, 0.6) is 0 Å². The van der Waals surface area contributed by atoms with Gasteiger partial charge in [-0.25, -0.2) is 0 Å². The van der Waals surface area contributed by atoms with Crippen LogP contribution in [0.1, 0.15) is 46.0 Å². The zero-order chi connectivity index (χ0) is 13.5. The zero-order valence-corrected chi connectivity index (χ0v) is 12.9. The number of hydrogen-bond donors (Lipinski definition) is 1. The molecule has 0 amide bonds. The lowest BCUT2D eigenvalue weighted by atomic mass is 10.0. The van der Waals surface area contributed by atoms with Crippen LogP contribution in [0.15, 0.2) is 0 Å². The summed E-state index contributed by atoms with van der Waals surface area (Å²) in [6.45, 7) is 11.5. The van der Waals surface area contributed by atoms with Crippen molar-refractivity contribution < 1.29 is 4.74 Å². The van der Waals surface area contributed by atoms with Gasteiger partial charge in [0.05, 0.1) is 0 Å². The summed E-state index contributed by atoms with van der Waals surface area (Å²) < 4.78 is 5.73. The van der Waals surface area contributed by atoms with E-state index >= 15 is 0 Å². The Morgan fingerprint density at radius 2 is 2.11 bits per heavy atom. The molecule has 1 aliphatic carbocycles. The first-order valence-electron chi connectivity index (χ1n) is 8.31. The largest absolute Gasteiger partial charge is 0.381 e. The number of rotatable bonds is 7. The van der Waals surface area contributed by atoms with Crippen molar-refractivity contribution in [3.63, 3.8) is 0 Å². The molecule has 1 heterocycles. The van der Waals surface area contributed by atoms with Gasteiger partial charge in [-0.15, -0.1) is 0 Å². The topological polar surface area (TPSA) is 24.5 Å². The van der Waals surface area contributed by atoms with Crippen molar-refractivity contribution in [2.24, 2.45) is 11.8 Å². The summed E-state index contributed by atoms with van der Waals surface area (Å²) in [4.78, 5) is 2.65. The highest BCUT2D eigenvalue weighted by atomic mass is 16.5. The Labute approximate surface area is 119 Å². The van der Waals surface area contributed by atoms with Gasteiger partial charge in [-0.3, -0.25) is 0 Å². The lowest BCUT2D eigenvalue weighted by molar-refractivity contribution is 0.107. The third-order valence-electron chi connectivity index (χ3n) is 4.42. The lowest BCUT2D eigenvalue weighted by Gasteiger charge is -2.32. The van der Waals surface area contributed by atoms with Gasteiger partial charge in [0.1, 0.15) is 0 Å². The molecule has 3 heteroatoms. The highest BCUT2D eigenvalue weighted by Gasteiger charge is 2.21. The number of nitrogens with zero attached hydrogens (tertiary/aromatic N) is 1. The molecule has 19 heavy (non-hydrogen) atoms. The fraction of sp³-hybridized carbons (Fsp3) is 1.00. The van der Waals surface area contributed by atoms with Crippen molar-refractivity contribution in [3.05, 3.63) is 0 Å². The second kappa shape index (κ2) is 8.23. The molecule has 1 saturated heterocycles. The first-order chi connectivity index (χ1) is 9.28. The summed E-state index contributed by atoms with van der Waals surface area (Å²) in [5.74, 6) is 1.67. The van der Waals surface area contributed by atoms with E-state index in [1.807, 2.05) is 0 Å². The van der Waals surface area contributed by atoms with Gasteiger partial charge in [0.25, 0.3) is 0 Å². The maximum Gasteiger partial charge on any atom is 0.0494 e. The Morgan fingerprint density at radius 3 is 2.84 bits per heavy atom. The molecule has 0 bridgehead atoms. The summed E-state index contributed by atoms with van der Waals surface area (Å²) in [5.41, 5.74) is 0. The third-order valence-corrected chi connectivity index (χ3v) is 4.42. The Hall–Kier alpha value is -0.120. The Bertz CT molecular complexity index is 243. The second-order valence-electron chi connectivity index (χ2n) is 6.58. The smallest absolute Gasteiger partial charge is 0.0494 e. The van der Waals surface area contributed by atoms with Gasteiger partial charge in [-0.2, -0.15) is 0 Å². The average molecular weight is 268 g/mol. The van der Waals surface area contributed by atoms with E-state index in [4.69, 9.17) is 4.74 Å². The van der Waals surface area contributed by atoms with Crippen molar-refractivity contribution >= 4 is 0 Å². The van der Waals surface area contributed by atoms with Crippen LogP contribution in [0.3, 0.4) is 0 Å². The quantitative estimate of drug-likeness (QED) is 0.718. The molecule has 3 nitrogen and oxygen atoms in total. The molecule has 0 spiro atoms. The van der Waals surface area contributed by atoms with E-state index in [0.29, 0.717) is 0 Å². The van der Waals surface area contributed by atoms with Crippen LogP contribution in [0, 0.1) is 11.8 Å². The average Bonchev–Trinajstić information content (AvgIpc) is 3.19. The van der Waals surface area contributed by atoms with E-state index < -0.39 is 0 Å². The van der Waals surface area contributed by atoms with Crippen LogP contribution in [-0.2, 0) is 4.74 Å². The molecular weight excluding hydrogens is 236 g/mol. The number of nitrogens with one attached hydrogen (secondary N) is 1. The summed E-state index contributed by atoms with van der Waals surface area (Å²) in [6, 6.07) is 0.719. The van der Waals surface area contributed by atoms with E-state index in [1.54, 1.807) is 0 Å². The Kier molecular flexibility index (Phi) is 6.62. The van der Waals surface area contributed by atoms with Crippen molar-refractivity contribution in [1.82, 2.24) is 10.2 Å². The lowest BCUT2D eigenvalue weighted by Crippen LogP contribution is -2.43. The molecule has 0 radical (unpaired) electrons. The first kappa shape index (κ1) is 15.3. The molecule has 1 aliphatic heterocycles. The van der Waals surface area contributed by atoms with E-state index in [9.17, 15) is 0 Å². The normalized spacial score (nSPS) is 30.0. The van der Waals surface area contributed by atoms with Crippen LogP contribution in [0.2, 0.25) is 0 Å². The van der Waals surface area contributed by atoms with E-state index in [-0.39, 0.29) is 0 Å². The van der Waals surface area contributed by atoms with Crippen LogP contribution >= 0.6 is 0 Å². The van der Waals surface area contributed by atoms with Gasteiger partial charge in [0, 0.05) is 32.3 Å². The third kappa shape index (κ3) is 6.24. The highest BCUT2D eigenvalue weighted by molar-refractivity contribution is 4.75. The molecule has 1 saturated carbocycles. The molecule has 0 aromatic heterocycles. The minimum atomic E-state index is 0.719. The van der Waals surface area contributed by atoms with Gasteiger partial charge in [-0.1, -0.05) is 13.8 Å². The monoisotopic (exact) mass is 268 g/mol. The maximum absolute atomic E-state index is 5.73. The van der Waals surface area contributed by atoms with Crippen molar-refractivity contribution in [2.75, 3.05) is 39.4 Å². The van der Waals surface area contributed by atoms with E-state index in [1.165, 1.54) is 58.3 Å². The minimum absolute atomic E-state index is 0.719. The molecule has 112 valence electrons. The summed E-state index contributed by atoms with van der Waals surface area (Å²) >= 11 is 0. The van der Waals surface area contributed by atoms with Crippen molar-refractivity contribution in [3.8, 4) is 0 Å². The highest BCUT2D eigenvalue weighted by Crippen LogP contribution is 2.28. The van der Waals surface area contributed by atoms with E-state index in [0.717, 1.165) is 31.1 Å². The fourth-order valence-corrected chi connectivity index (χ4v) is 2.88. The molecule has 2 atom stereocenters. The van der Waals surface area contributed by atoms with Gasteiger partial charge in [0.2, 0.25) is 0 Å². The summed E-state index contributed by atoms with van der Waals surface area (Å²) in [7, 11) is 0. The van der Waals surface area contributed by atoms with Gasteiger partial charge in [0.15, 0.2) is 0 Å². The predicted octanol–water partition coefficient (Wildman–Crippen LogP) is 2.51. The Morgan fingerprint density at radius 1 is 1.26 bits per heavy atom. The summed E-state index contributed by atoms with van der Waals surface area (Å²) in [5, 5.41) is 3.69. The van der Waals surface area contributed by atoms with Crippen LogP contribution in [-0.4, -0.2) is 50.3 Å². The molecule has 2 rings (SSSR count). The fourth-order valence-electron chi connectivity index (χ4n) is 2.88. The van der Waals surface area contributed by atoms with Crippen molar-refractivity contribution in [1.29, 1.82) is 0 Å². The standard InChI is InChI=1S/C16H32N2O/c1-3-16-7-9-18(12-14(2)11-17-16)8-4-10-19-13-15-5-6-15/h14-17H,3-13H2,1-2H3. The molecule has 0 aromatic rings. The molecular formula is C16H32N2O. The molecule has 2 unspecified atom stereocenters.